The monoisotopic (exact) mass is 396 g/mol. The van der Waals surface area contributed by atoms with E-state index in [0.717, 1.165) is 11.6 Å². The van der Waals surface area contributed by atoms with Gasteiger partial charge >= 0.3 is 5.97 Å². The second-order valence-electron chi connectivity index (χ2n) is 5.65. The van der Waals surface area contributed by atoms with Gasteiger partial charge < -0.3 is 5.11 Å². The van der Waals surface area contributed by atoms with Crippen molar-refractivity contribution in [3.05, 3.63) is 45.8 Å². The molecule has 26 heavy (non-hydrogen) atoms. The van der Waals surface area contributed by atoms with E-state index in [4.69, 9.17) is 5.11 Å². The van der Waals surface area contributed by atoms with E-state index in [1.54, 1.807) is 0 Å². The molecule has 1 N–H and O–H groups in total. The summed E-state index contributed by atoms with van der Waals surface area (Å²) in [5, 5.41) is 11.8. The van der Waals surface area contributed by atoms with Gasteiger partial charge in [-0.1, -0.05) is 0 Å². The lowest BCUT2D eigenvalue weighted by Gasteiger charge is -2.19. The van der Waals surface area contributed by atoms with E-state index in [0.29, 0.717) is 14.7 Å². The minimum absolute atomic E-state index is 0.0645. The first-order chi connectivity index (χ1) is 12.3. The van der Waals surface area contributed by atoms with Gasteiger partial charge in [0.15, 0.2) is 11.6 Å². The summed E-state index contributed by atoms with van der Waals surface area (Å²) < 4.78 is 27.7. The zero-order valence-electron chi connectivity index (χ0n) is 13.7. The molecule has 136 valence electrons. The van der Waals surface area contributed by atoms with Gasteiger partial charge in [-0.05, 0) is 36.1 Å². The van der Waals surface area contributed by atoms with Gasteiger partial charge in [0.05, 0.1) is 22.7 Å². The highest BCUT2D eigenvalue weighted by Gasteiger charge is 2.21. The maximum Gasteiger partial charge on any atom is 0.303 e. The number of anilines is 1. The van der Waals surface area contributed by atoms with Gasteiger partial charge in [-0.2, -0.15) is 0 Å². The summed E-state index contributed by atoms with van der Waals surface area (Å²) in [5.74, 6) is -3.41. The van der Waals surface area contributed by atoms with Gasteiger partial charge in [0, 0.05) is 6.42 Å². The predicted molar refractivity (Wildman–Crippen MR) is 96.7 cm³/mol. The Hall–Kier alpha value is -2.39. The normalized spacial score (nSPS) is 11.0. The molecule has 0 aliphatic carbocycles. The molecule has 0 saturated carbocycles. The Morgan fingerprint density at radius 2 is 2.04 bits per heavy atom. The fraction of sp³-hybridized carbons (Fsp3) is 0.235. The molecule has 3 rings (SSSR count). The first-order valence-corrected chi connectivity index (χ1v) is 9.35. The third-order valence-electron chi connectivity index (χ3n) is 3.63. The number of thiazole rings is 1. The van der Waals surface area contributed by atoms with Crippen LogP contribution in [0.3, 0.4) is 0 Å². The number of hydrogen-bond donors (Lipinski definition) is 1. The Balaban J connectivity index is 1.91. The van der Waals surface area contributed by atoms with Crippen molar-refractivity contribution in [1.82, 2.24) is 4.98 Å². The molecule has 5 nitrogen and oxygen atoms in total. The van der Waals surface area contributed by atoms with Gasteiger partial charge in [-0.3, -0.25) is 14.5 Å². The Morgan fingerprint density at radius 1 is 1.27 bits per heavy atom. The number of nitrogens with zero attached hydrogens (tertiary/aromatic N) is 2. The quantitative estimate of drug-likeness (QED) is 0.673. The number of hydrogen-bond acceptors (Lipinski definition) is 5. The van der Waals surface area contributed by atoms with E-state index < -0.39 is 17.6 Å². The second kappa shape index (κ2) is 7.46. The van der Waals surface area contributed by atoms with Crippen LogP contribution in [0.25, 0.3) is 10.2 Å². The molecular formula is C17H14F2N2O3S2. The molecule has 9 heteroatoms. The van der Waals surface area contributed by atoms with Crippen LogP contribution < -0.4 is 4.90 Å². The van der Waals surface area contributed by atoms with Crippen LogP contribution in [-0.4, -0.2) is 22.0 Å². The summed E-state index contributed by atoms with van der Waals surface area (Å²) in [5.41, 5.74) is 0.906. The highest BCUT2D eigenvalue weighted by Crippen LogP contribution is 2.30. The van der Waals surface area contributed by atoms with E-state index in [9.17, 15) is 18.4 Å². The molecule has 0 aliphatic heterocycles. The molecule has 2 aromatic heterocycles. The van der Waals surface area contributed by atoms with Crippen LogP contribution in [-0.2, 0) is 16.1 Å². The molecule has 0 unspecified atom stereocenters. The number of thiophene rings is 1. The van der Waals surface area contributed by atoms with E-state index in [2.05, 4.69) is 4.98 Å². The number of amides is 1. The molecule has 0 fully saturated rings. The first kappa shape index (κ1) is 18.4. The van der Waals surface area contributed by atoms with Crippen LogP contribution in [0, 0.1) is 18.6 Å². The fourth-order valence-electron chi connectivity index (χ4n) is 2.38. The molecule has 0 atom stereocenters. The molecule has 1 amide bonds. The van der Waals surface area contributed by atoms with Crippen molar-refractivity contribution in [3.63, 3.8) is 0 Å². The number of carboxylic acid groups (broad SMARTS) is 1. The number of rotatable bonds is 6. The number of carbonyl (C=O) groups is 2. The number of aliphatic carboxylic acids is 1. The maximum atomic E-state index is 13.9. The minimum Gasteiger partial charge on any atom is -0.481 e. The van der Waals surface area contributed by atoms with Crippen molar-refractivity contribution in [2.45, 2.75) is 26.3 Å². The number of aryl methyl sites for hydroxylation is 1. The van der Waals surface area contributed by atoms with Crippen LogP contribution in [0.15, 0.2) is 23.6 Å². The average molecular weight is 396 g/mol. The van der Waals surface area contributed by atoms with Crippen molar-refractivity contribution in [3.8, 4) is 0 Å². The van der Waals surface area contributed by atoms with Crippen LogP contribution in [0.2, 0.25) is 0 Å². The number of carboxylic acids is 1. The van der Waals surface area contributed by atoms with E-state index >= 15 is 0 Å². The highest BCUT2D eigenvalue weighted by molar-refractivity contribution is 7.18. The number of aromatic nitrogens is 1. The lowest BCUT2D eigenvalue weighted by molar-refractivity contribution is -0.138. The van der Waals surface area contributed by atoms with Gasteiger partial charge in [-0.15, -0.1) is 22.7 Å². The zero-order valence-corrected chi connectivity index (χ0v) is 15.3. The summed E-state index contributed by atoms with van der Waals surface area (Å²) in [4.78, 5) is 28.8. The standard InChI is InChI=1S/C17H14F2N2O3S2/c1-9-6-14(25-8-9)21(13(22)4-5-15(23)24)7-12-20-17-11(26-12)3-2-10(18)16(17)19/h2-3,6,8H,4-5,7H2,1H3,(H,23,24). The van der Waals surface area contributed by atoms with Crippen LogP contribution >= 0.6 is 22.7 Å². The summed E-state index contributed by atoms with van der Waals surface area (Å²) in [7, 11) is 0. The van der Waals surface area contributed by atoms with E-state index in [-0.39, 0.29) is 30.8 Å². The molecule has 0 spiro atoms. The number of benzene rings is 1. The van der Waals surface area contributed by atoms with Crippen molar-refractivity contribution in [1.29, 1.82) is 0 Å². The molecule has 0 bridgehead atoms. The number of halogens is 2. The lowest BCUT2D eigenvalue weighted by atomic mass is 10.2. The molecular weight excluding hydrogens is 382 g/mol. The second-order valence-corrected chi connectivity index (χ2v) is 7.66. The summed E-state index contributed by atoms with van der Waals surface area (Å²) in [6, 6.07) is 4.30. The molecule has 2 heterocycles. The molecule has 0 radical (unpaired) electrons. The number of carbonyl (C=O) groups excluding carboxylic acids is 1. The SMILES string of the molecule is Cc1csc(N(Cc2nc3c(F)c(F)ccc3s2)C(=O)CCC(=O)O)c1. The Labute approximate surface area is 155 Å². The summed E-state index contributed by atoms with van der Waals surface area (Å²) in [6.45, 7) is 1.95. The number of fused-ring (bicyclic) bond motifs is 1. The van der Waals surface area contributed by atoms with Crippen LogP contribution in [0.4, 0.5) is 13.8 Å². The Morgan fingerprint density at radius 3 is 2.69 bits per heavy atom. The molecule has 1 aromatic carbocycles. The first-order valence-electron chi connectivity index (χ1n) is 7.66. The van der Waals surface area contributed by atoms with Crippen molar-refractivity contribution < 1.29 is 23.5 Å². The topological polar surface area (TPSA) is 70.5 Å². The van der Waals surface area contributed by atoms with Crippen molar-refractivity contribution in [2.75, 3.05) is 4.90 Å². The van der Waals surface area contributed by atoms with Gasteiger partial charge in [-0.25, -0.2) is 13.8 Å². The zero-order chi connectivity index (χ0) is 18.8. The average Bonchev–Trinajstić information content (AvgIpc) is 3.20. The minimum atomic E-state index is -1.06. The highest BCUT2D eigenvalue weighted by atomic mass is 32.1. The predicted octanol–water partition coefficient (Wildman–Crippen LogP) is 4.34. The third kappa shape index (κ3) is 3.88. The molecule has 0 saturated heterocycles. The van der Waals surface area contributed by atoms with E-state index in [1.165, 1.54) is 33.6 Å². The molecule has 3 aromatic rings. The van der Waals surface area contributed by atoms with Crippen molar-refractivity contribution >= 4 is 49.8 Å². The van der Waals surface area contributed by atoms with Gasteiger partial charge in [0.25, 0.3) is 0 Å². The van der Waals surface area contributed by atoms with Gasteiger partial charge in [0.2, 0.25) is 5.91 Å². The van der Waals surface area contributed by atoms with Crippen LogP contribution in [0.5, 0.6) is 0 Å². The maximum absolute atomic E-state index is 13.9. The molecule has 0 aliphatic rings. The summed E-state index contributed by atoms with van der Waals surface area (Å²) in [6.07, 6.45) is -0.431. The van der Waals surface area contributed by atoms with Gasteiger partial charge in [0.1, 0.15) is 10.5 Å². The summed E-state index contributed by atoms with van der Waals surface area (Å²) >= 11 is 2.52. The lowest BCUT2D eigenvalue weighted by Crippen LogP contribution is -2.30. The fourth-order valence-corrected chi connectivity index (χ4v) is 4.26. The largest absolute Gasteiger partial charge is 0.481 e. The van der Waals surface area contributed by atoms with Crippen LogP contribution in [0.1, 0.15) is 23.4 Å². The smallest absolute Gasteiger partial charge is 0.303 e. The van der Waals surface area contributed by atoms with E-state index in [1.807, 2.05) is 18.4 Å². The third-order valence-corrected chi connectivity index (χ3v) is 5.70. The Kier molecular flexibility index (Phi) is 5.28. The van der Waals surface area contributed by atoms with Crippen molar-refractivity contribution in [2.24, 2.45) is 0 Å². The Bertz CT molecular complexity index is 984.